The van der Waals surface area contributed by atoms with Gasteiger partial charge in [-0.2, -0.15) is 5.10 Å². The summed E-state index contributed by atoms with van der Waals surface area (Å²) in [4.78, 5) is 12.0. The van der Waals surface area contributed by atoms with Crippen molar-refractivity contribution < 1.29 is 13.6 Å². The van der Waals surface area contributed by atoms with Crippen LogP contribution in [0.2, 0.25) is 5.02 Å². The summed E-state index contributed by atoms with van der Waals surface area (Å²) in [6.07, 6.45) is 1.15. The SMILES string of the molecule is O=C(N/N=C/c1c(F)cccc1Cl)c1cc2cc(Br)ccc2o1. The average Bonchev–Trinajstić information content (AvgIpc) is 2.93. The monoisotopic (exact) mass is 394 g/mol. The second-order valence-electron chi connectivity index (χ2n) is 4.63. The van der Waals surface area contributed by atoms with Crippen molar-refractivity contribution in [3.05, 3.63) is 69.1 Å². The highest BCUT2D eigenvalue weighted by atomic mass is 79.9. The van der Waals surface area contributed by atoms with Gasteiger partial charge in [0.15, 0.2) is 5.76 Å². The first-order valence-electron chi connectivity index (χ1n) is 6.51. The summed E-state index contributed by atoms with van der Waals surface area (Å²) in [6.45, 7) is 0. The lowest BCUT2D eigenvalue weighted by Gasteiger charge is -1.99. The van der Waals surface area contributed by atoms with Crippen molar-refractivity contribution in [3.8, 4) is 0 Å². The van der Waals surface area contributed by atoms with Crippen molar-refractivity contribution in [1.82, 2.24) is 5.43 Å². The Kier molecular flexibility index (Phi) is 4.45. The van der Waals surface area contributed by atoms with E-state index in [9.17, 15) is 9.18 Å². The highest BCUT2D eigenvalue weighted by molar-refractivity contribution is 9.10. The van der Waals surface area contributed by atoms with Gasteiger partial charge in [0.05, 0.1) is 11.2 Å². The summed E-state index contributed by atoms with van der Waals surface area (Å²) in [7, 11) is 0. The predicted molar refractivity (Wildman–Crippen MR) is 90.4 cm³/mol. The van der Waals surface area contributed by atoms with Gasteiger partial charge in [0, 0.05) is 15.4 Å². The van der Waals surface area contributed by atoms with Crippen LogP contribution < -0.4 is 5.43 Å². The van der Waals surface area contributed by atoms with Crippen LogP contribution in [-0.2, 0) is 0 Å². The van der Waals surface area contributed by atoms with Crippen LogP contribution in [0, 0.1) is 5.82 Å². The van der Waals surface area contributed by atoms with Gasteiger partial charge in [0.1, 0.15) is 11.4 Å². The highest BCUT2D eigenvalue weighted by Crippen LogP contribution is 2.23. The minimum Gasteiger partial charge on any atom is -0.451 e. The number of furan rings is 1. The number of nitrogens with zero attached hydrogens (tertiary/aromatic N) is 1. The molecular formula is C16H9BrClFN2O2. The van der Waals surface area contributed by atoms with E-state index in [4.69, 9.17) is 16.0 Å². The molecule has 0 unspecified atom stereocenters. The van der Waals surface area contributed by atoms with E-state index in [0.717, 1.165) is 16.1 Å². The quantitative estimate of drug-likeness (QED) is 0.514. The molecule has 3 rings (SSSR count). The van der Waals surface area contributed by atoms with Gasteiger partial charge >= 0.3 is 5.91 Å². The molecule has 0 atom stereocenters. The molecule has 23 heavy (non-hydrogen) atoms. The molecule has 0 radical (unpaired) electrons. The molecule has 0 saturated heterocycles. The third-order valence-electron chi connectivity index (χ3n) is 3.06. The van der Waals surface area contributed by atoms with Gasteiger partial charge in [0.25, 0.3) is 0 Å². The number of nitrogens with one attached hydrogen (secondary N) is 1. The van der Waals surface area contributed by atoms with E-state index in [1.807, 2.05) is 12.1 Å². The fraction of sp³-hybridized carbons (Fsp3) is 0. The second kappa shape index (κ2) is 6.52. The summed E-state index contributed by atoms with van der Waals surface area (Å²) < 4.78 is 19.9. The van der Waals surface area contributed by atoms with E-state index in [1.165, 1.54) is 18.2 Å². The smallest absolute Gasteiger partial charge is 0.307 e. The van der Waals surface area contributed by atoms with E-state index in [1.54, 1.807) is 12.1 Å². The predicted octanol–water partition coefficient (Wildman–Crippen LogP) is 4.75. The number of carbonyl (C=O) groups excluding carboxylic acids is 1. The Morgan fingerprint density at radius 2 is 2.13 bits per heavy atom. The second-order valence-corrected chi connectivity index (χ2v) is 5.95. The number of amides is 1. The Morgan fingerprint density at radius 1 is 1.30 bits per heavy atom. The zero-order valence-electron chi connectivity index (χ0n) is 11.5. The Labute approximate surface area is 144 Å². The molecule has 0 aliphatic heterocycles. The fourth-order valence-electron chi connectivity index (χ4n) is 1.97. The first-order chi connectivity index (χ1) is 11.0. The van der Waals surface area contributed by atoms with Crippen molar-refractivity contribution in [3.63, 3.8) is 0 Å². The maximum Gasteiger partial charge on any atom is 0.307 e. The zero-order valence-corrected chi connectivity index (χ0v) is 13.9. The molecule has 4 nitrogen and oxygen atoms in total. The lowest BCUT2D eigenvalue weighted by atomic mass is 10.2. The summed E-state index contributed by atoms with van der Waals surface area (Å²) in [5, 5.41) is 4.70. The summed E-state index contributed by atoms with van der Waals surface area (Å²) in [5.74, 6) is -0.958. The van der Waals surface area contributed by atoms with E-state index in [-0.39, 0.29) is 16.3 Å². The number of hydrazone groups is 1. The minimum atomic E-state index is -0.541. The molecule has 1 aromatic heterocycles. The molecule has 1 amide bonds. The first kappa shape index (κ1) is 15.7. The van der Waals surface area contributed by atoms with Crippen molar-refractivity contribution in [2.45, 2.75) is 0 Å². The molecule has 0 fully saturated rings. The summed E-state index contributed by atoms with van der Waals surface area (Å²) in [6, 6.07) is 11.3. The van der Waals surface area contributed by atoms with Crippen LogP contribution in [0.5, 0.6) is 0 Å². The van der Waals surface area contributed by atoms with Gasteiger partial charge in [0.2, 0.25) is 0 Å². The van der Waals surface area contributed by atoms with Crippen LogP contribution in [0.4, 0.5) is 4.39 Å². The fourth-order valence-corrected chi connectivity index (χ4v) is 2.56. The summed E-state index contributed by atoms with van der Waals surface area (Å²) >= 11 is 9.21. The normalized spacial score (nSPS) is 11.3. The van der Waals surface area contributed by atoms with Crippen molar-refractivity contribution in [2.24, 2.45) is 5.10 Å². The molecule has 3 aromatic rings. The van der Waals surface area contributed by atoms with Crippen LogP contribution in [0.25, 0.3) is 11.0 Å². The first-order valence-corrected chi connectivity index (χ1v) is 7.68. The van der Waals surface area contributed by atoms with E-state index in [0.29, 0.717) is 5.58 Å². The van der Waals surface area contributed by atoms with Crippen molar-refractivity contribution in [1.29, 1.82) is 0 Å². The number of carbonyl (C=O) groups is 1. The van der Waals surface area contributed by atoms with Crippen LogP contribution in [0.3, 0.4) is 0 Å². The van der Waals surface area contributed by atoms with Crippen molar-refractivity contribution in [2.75, 3.05) is 0 Å². The van der Waals surface area contributed by atoms with Gasteiger partial charge in [-0.1, -0.05) is 33.6 Å². The molecule has 0 saturated carbocycles. The largest absolute Gasteiger partial charge is 0.451 e. The average molecular weight is 396 g/mol. The number of hydrogen-bond acceptors (Lipinski definition) is 3. The van der Waals surface area contributed by atoms with Gasteiger partial charge in [-0.25, -0.2) is 9.82 Å². The van der Waals surface area contributed by atoms with Gasteiger partial charge in [-0.15, -0.1) is 0 Å². The van der Waals surface area contributed by atoms with E-state index in [2.05, 4.69) is 26.5 Å². The third-order valence-corrected chi connectivity index (χ3v) is 3.88. The number of fused-ring (bicyclic) bond motifs is 1. The third kappa shape index (κ3) is 3.43. The lowest BCUT2D eigenvalue weighted by molar-refractivity contribution is 0.0929. The van der Waals surface area contributed by atoms with Crippen molar-refractivity contribution >= 4 is 50.6 Å². The molecule has 0 spiro atoms. The Balaban J connectivity index is 1.77. The van der Waals surface area contributed by atoms with Gasteiger partial charge in [-0.05, 0) is 36.4 Å². The van der Waals surface area contributed by atoms with Crippen LogP contribution in [-0.4, -0.2) is 12.1 Å². The topological polar surface area (TPSA) is 54.6 Å². The molecule has 0 aliphatic carbocycles. The lowest BCUT2D eigenvalue weighted by Crippen LogP contribution is -2.16. The van der Waals surface area contributed by atoms with Gasteiger partial charge in [-0.3, -0.25) is 4.79 Å². The van der Waals surface area contributed by atoms with E-state index >= 15 is 0 Å². The summed E-state index contributed by atoms with van der Waals surface area (Å²) in [5.41, 5.74) is 2.96. The van der Waals surface area contributed by atoms with E-state index < -0.39 is 11.7 Å². The molecular weight excluding hydrogens is 387 g/mol. The van der Waals surface area contributed by atoms with Crippen LogP contribution >= 0.6 is 27.5 Å². The standard InChI is InChI=1S/C16H9BrClFN2O2/c17-10-4-5-14-9(6-10)7-15(23-14)16(22)21-20-8-11-12(18)2-1-3-13(11)19/h1-8H,(H,21,22)/b20-8+. The maximum absolute atomic E-state index is 13.6. The molecule has 0 aliphatic rings. The number of benzene rings is 2. The van der Waals surface area contributed by atoms with Crippen LogP contribution in [0.15, 0.2) is 56.5 Å². The molecule has 1 heterocycles. The number of hydrogen-bond donors (Lipinski definition) is 1. The Hall–Kier alpha value is -2.18. The zero-order chi connectivity index (χ0) is 16.4. The number of halogens is 3. The molecule has 7 heteroatoms. The molecule has 116 valence electrons. The maximum atomic E-state index is 13.6. The highest BCUT2D eigenvalue weighted by Gasteiger charge is 2.12. The molecule has 0 bridgehead atoms. The minimum absolute atomic E-state index is 0.100. The molecule has 1 N–H and O–H groups in total. The number of rotatable bonds is 3. The molecule has 2 aromatic carbocycles. The van der Waals surface area contributed by atoms with Gasteiger partial charge < -0.3 is 4.42 Å². The Morgan fingerprint density at radius 3 is 2.91 bits per heavy atom. The van der Waals surface area contributed by atoms with Crippen LogP contribution in [0.1, 0.15) is 16.1 Å². The Bertz CT molecular complexity index is 903.